The topological polar surface area (TPSA) is 287 Å². The fraction of sp³-hybridized carbons (Fsp3) is 0.293. The predicted molar refractivity (Wildman–Crippen MR) is 454 cm³/mol. The van der Waals surface area contributed by atoms with Gasteiger partial charge in [-0.3, -0.25) is 29.1 Å². The van der Waals surface area contributed by atoms with E-state index in [9.17, 15) is 47.4 Å². The number of carbonyl (C=O) groups is 8. The summed E-state index contributed by atoms with van der Waals surface area (Å²) in [7, 11) is 0. The molecule has 20 nitrogen and oxygen atoms in total. The Morgan fingerprint density at radius 3 is 1.19 bits per heavy atom. The third kappa shape index (κ3) is 18.5. The average molecular weight is 1930 g/mol. The highest BCUT2D eigenvalue weighted by Crippen LogP contribution is 2.61. The number of ether oxygens (including phenoxy) is 4. The number of nitrogens with one attached hydrogen (secondary N) is 1. The minimum Gasteiger partial charge on any atom is -0.481 e. The van der Waals surface area contributed by atoms with Crippen molar-refractivity contribution in [3.63, 3.8) is 0 Å². The molecule has 632 valence electrons. The van der Waals surface area contributed by atoms with Crippen LogP contribution in [0.25, 0.3) is 44.6 Å². The monoisotopic (exact) mass is 1920 g/mol. The highest BCUT2D eigenvalue weighted by molar-refractivity contribution is 9.11. The first-order chi connectivity index (χ1) is 57.8. The van der Waals surface area contributed by atoms with Gasteiger partial charge in [0.25, 0.3) is 23.7 Å². The molecule has 10 aromatic rings. The maximum absolute atomic E-state index is 15.4. The lowest BCUT2D eigenvalue weighted by Gasteiger charge is -2.22. The second kappa shape index (κ2) is 35.2. The number of aromatic amines is 1. The summed E-state index contributed by atoms with van der Waals surface area (Å²) in [6.07, 6.45) is 7.98. The Bertz CT molecular complexity index is 5730. The van der Waals surface area contributed by atoms with Crippen LogP contribution in [0.4, 0.5) is 40.7 Å². The number of fused-ring (bicyclic) bond motifs is 9. The molecule has 0 bridgehead atoms. The van der Waals surface area contributed by atoms with Gasteiger partial charge in [-0.2, -0.15) is 26.3 Å². The quantitative estimate of drug-likeness (QED) is 0.0244. The molecule has 3 saturated heterocycles. The molecule has 3 aliphatic heterocycles. The molecule has 6 fully saturated rings. The van der Waals surface area contributed by atoms with Crippen molar-refractivity contribution < 1.29 is 93.9 Å². The van der Waals surface area contributed by atoms with Gasteiger partial charge in [0.05, 0.1) is 23.3 Å². The van der Waals surface area contributed by atoms with Crippen molar-refractivity contribution in [2.45, 2.75) is 120 Å². The molecule has 19 rings (SSSR count). The second-order valence-corrected chi connectivity index (χ2v) is 35.2. The zero-order valence-electron chi connectivity index (χ0n) is 65.5. The number of aliphatic carboxylic acids is 2. The van der Waals surface area contributed by atoms with Gasteiger partial charge in [-0.05, 0) is 179 Å². The molecule has 30 heteroatoms. The number of carboxylic acids is 2. The van der Waals surface area contributed by atoms with Crippen LogP contribution in [-0.2, 0) is 70.9 Å². The number of nitrogens with zero attached hydrogens (tertiary/aromatic N) is 4. The van der Waals surface area contributed by atoms with Gasteiger partial charge in [0, 0.05) is 90.0 Å². The van der Waals surface area contributed by atoms with E-state index in [1.54, 1.807) is 71.8 Å². The summed E-state index contributed by atoms with van der Waals surface area (Å²) >= 11 is 12.8. The zero-order chi connectivity index (χ0) is 85.7. The van der Waals surface area contributed by atoms with Crippen molar-refractivity contribution in [3.05, 3.63) is 287 Å². The van der Waals surface area contributed by atoms with Crippen molar-refractivity contribution in [2.24, 2.45) is 16.2 Å². The number of benzene rings is 9. The van der Waals surface area contributed by atoms with Crippen molar-refractivity contribution in [3.8, 4) is 44.6 Å². The van der Waals surface area contributed by atoms with Crippen LogP contribution in [0.5, 0.6) is 0 Å². The minimum atomic E-state index is -3.26. The number of esters is 1. The molecule has 6 N–H and O–H groups in total. The van der Waals surface area contributed by atoms with Crippen LogP contribution in [0.15, 0.2) is 220 Å². The van der Waals surface area contributed by atoms with Gasteiger partial charge in [0.1, 0.15) is 37.7 Å². The number of amides is 3. The first kappa shape index (κ1) is 87.6. The molecule has 1 aromatic heterocycles. The second-order valence-electron chi connectivity index (χ2n) is 31.9. The summed E-state index contributed by atoms with van der Waals surface area (Å²) in [5.74, 6) is -12.0. The normalized spacial score (nSPS) is 18.7. The highest BCUT2D eigenvalue weighted by atomic mass is 79.9. The van der Waals surface area contributed by atoms with Crippen LogP contribution in [0.3, 0.4) is 0 Å². The van der Waals surface area contributed by atoms with Crippen LogP contribution in [0.1, 0.15) is 147 Å². The van der Waals surface area contributed by atoms with Crippen LogP contribution < -0.4 is 6.15 Å². The Morgan fingerprint density at radius 2 is 0.787 bits per heavy atom. The van der Waals surface area contributed by atoms with Gasteiger partial charge in [-0.1, -0.05) is 209 Å². The summed E-state index contributed by atoms with van der Waals surface area (Å²) in [5, 5.41) is 16.8. The zero-order valence-corrected chi connectivity index (χ0v) is 71.8. The lowest BCUT2D eigenvalue weighted by Crippen LogP contribution is -2.42. The first-order valence-corrected chi connectivity index (χ1v) is 42.4. The number of likely N-dealkylation sites (tertiary alicyclic amines) is 3. The Labute approximate surface area is 730 Å². The molecule has 3 atom stereocenters. The van der Waals surface area contributed by atoms with Crippen LogP contribution >= 0.6 is 63.7 Å². The number of hydrogen-bond acceptors (Lipinski definition) is 14. The fourth-order valence-electron chi connectivity index (χ4n) is 16.6. The Hall–Kier alpha value is -10.8. The van der Waals surface area contributed by atoms with E-state index in [0.717, 1.165) is 68.6 Å². The lowest BCUT2D eigenvalue weighted by molar-refractivity contribution is -0.147. The number of carboxylic acid groups (broad SMARTS) is 2. The van der Waals surface area contributed by atoms with Gasteiger partial charge in [0.2, 0.25) is 0 Å². The number of carbonyl (C=O) groups excluding carboxylic acids is 6. The molecule has 0 radical (unpaired) electrons. The third-order valence-corrected chi connectivity index (χ3v) is 25.5. The molecule has 9 aliphatic rings. The number of rotatable bonds is 15. The van der Waals surface area contributed by atoms with E-state index in [0.29, 0.717) is 102 Å². The van der Waals surface area contributed by atoms with Crippen LogP contribution in [0.2, 0.25) is 0 Å². The smallest absolute Gasteiger partial charge is 0.410 e. The molecule has 3 spiro atoms. The van der Waals surface area contributed by atoms with Crippen molar-refractivity contribution in [2.75, 3.05) is 31.6 Å². The minimum absolute atomic E-state index is 0. The number of alkyl halides is 7. The summed E-state index contributed by atoms with van der Waals surface area (Å²) in [5.41, 5.74) is 6.68. The van der Waals surface area contributed by atoms with Crippen LogP contribution in [0, 0.1) is 16.2 Å². The van der Waals surface area contributed by atoms with Gasteiger partial charge in [-0.25, -0.2) is 29.0 Å². The Balaban J connectivity index is 0.000000136. The Morgan fingerprint density at radius 1 is 0.443 bits per heavy atom. The summed E-state index contributed by atoms with van der Waals surface area (Å²) in [4.78, 5) is 108. The number of ketones is 2. The summed E-state index contributed by atoms with van der Waals surface area (Å²) < 4.78 is 114. The van der Waals surface area contributed by atoms with E-state index >= 15 is 17.6 Å². The molecule has 4 heterocycles. The number of aromatic nitrogens is 2. The van der Waals surface area contributed by atoms with E-state index in [1.165, 1.54) is 52.3 Å². The summed E-state index contributed by atoms with van der Waals surface area (Å²) in [6, 6.07) is 54.6. The molecular weight excluding hydrogens is 1850 g/mol. The fourth-order valence-corrected chi connectivity index (χ4v) is 18.0. The number of hydrogen-bond donors (Lipinski definition) is 4. The van der Waals surface area contributed by atoms with Crippen molar-refractivity contribution in [1.82, 2.24) is 30.8 Å². The molecule has 9 aromatic carbocycles. The standard InChI is InChI=1S/C30H24BrF2N3O2.C30H24BrF2NO5.C15H8Br2F2O.C15H17NO4.C2H4O2.H3N/c31-20-7-9-22-21-8-6-19(12-23(21)30(32,33)24(22)13-20)25-15-34-27(35-25)26-14-29(10-11-29)17-36(26)28(37)38-16-18-4-2-1-3-5-18;31-20-7-9-22-21-8-6-19(12-23(21)30(32,33)24(22)13-20)26(35)16-38-27(36)25-14-29(10-11-29)17-34(25)28(37)39-15-18-4-2-1-3-5-18;16-7-14(20)8-1-3-10-11-4-2-9(17)6-13(11)15(18,19)12(10)5-8;17-13(18)12-8-15(6-7-15)10-16(12)14(19)20-9-11-4-2-1-3-5-11;1-2(3)4;/h1-9,12-13,15,26H,10-11,14,16-17H2,(H,34,35);1-9,12-13,25H,10-11,14-17H2;1-6H,7H2;1-5,12H,6-10H2,(H,17,18);1H3,(H,3,4);1H3/t;;;12-;;/m...0../s1. The first-order valence-electron chi connectivity index (χ1n) is 38.9. The maximum Gasteiger partial charge on any atom is 0.410 e. The highest BCUT2D eigenvalue weighted by Gasteiger charge is 2.59. The lowest BCUT2D eigenvalue weighted by atomic mass is 10.0. The molecule has 6 aliphatic carbocycles. The molecule has 2 unspecified atom stereocenters. The van der Waals surface area contributed by atoms with Crippen molar-refractivity contribution in [1.29, 1.82) is 0 Å². The van der Waals surface area contributed by atoms with E-state index in [2.05, 4.69) is 73.7 Å². The summed E-state index contributed by atoms with van der Waals surface area (Å²) in [6.45, 7) is 2.48. The largest absolute Gasteiger partial charge is 0.481 e. The third-order valence-electron chi connectivity index (χ3n) is 23.5. The van der Waals surface area contributed by atoms with Gasteiger partial charge in [0.15, 0.2) is 18.2 Å². The van der Waals surface area contributed by atoms with E-state index in [4.69, 9.17) is 28.8 Å². The molecular formula is C92H80Br4F6N6O14. The number of imidazole rings is 1. The van der Waals surface area contributed by atoms with Gasteiger partial charge >= 0.3 is 30.2 Å². The number of H-pyrrole nitrogens is 1. The van der Waals surface area contributed by atoms with Crippen LogP contribution in [-0.4, -0.2) is 126 Å². The van der Waals surface area contributed by atoms with Gasteiger partial charge < -0.3 is 40.3 Å². The van der Waals surface area contributed by atoms with E-state index in [1.807, 2.05) is 97.1 Å². The predicted octanol–water partition coefficient (Wildman–Crippen LogP) is 22.0. The molecule has 3 amide bonds. The Kier molecular flexibility index (Phi) is 25.3. The maximum atomic E-state index is 15.4. The SMILES string of the molecule is CC(=O)O.N.O=C(CBr)c1ccc2c(c1)C(F)(F)c1cc(Br)ccc1-2.O=C(COC(=O)C1CC2(CC2)CN1C(=O)OCc1ccccc1)c1ccc2c(c1)C(F)(F)c1cc(Br)ccc1-2.O=C(O)[C@@H]1CC2(CC2)CN1C(=O)OCc1ccccc1.O=C(OCc1ccccc1)N1CC2(CC2)CC1c1ncc(-c2ccc3c(c2)C(F)(F)c2cc(Br)ccc2-3)[nH]1. The van der Waals surface area contributed by atoms with Crippen molar-refractivity contribution >= 4 is 111 Å². The van der Waals surface area contributed by atoms with E-state index < -0.39 is 72.3 Å². The average Bonchev–Trinajstić information content (AvgIpc) is 1.58. The number of halogens is 10. The number of Topliss-reactive ketones (excluding diaryl/α,β-unsaturated/α-hetero) is 2. The van der Waals surface area contributed by atoms with Gasteiger partial charge in [-0.15, -0.1) is 0 Å². The molecule has 122 heavy (non-hydrogen) atoms. The van der Waals surface area contributed by atoms with E-state index in [-0.39, 0.29) is 104 Å². The molecule has 3 saturated carbocycles.